The van der Waals surface area contributed by atoms with Crippen molar-refractivity contribution in [3.63, 3.8) is 0 Å². The third kappa shape index (κ3) is 3.08. The fourth-order valence-corrected chi connectivity index (χ4v) is 3.17. The lowest BCUT2D eigenvalue weighted by molar-refractivity contribution is -0.0382. The van der Waals surface area contributed by atoms with Gasteiger partial charge in [-0.25, -0.2) is 9.78 Å². The fourth-order valence-electron chi connectivity index (χ4n) is 3.17. The number of epoxide rings is 1. The van der Waals surface area contributed by atoms with E-state index < -0.39 is 5.60 Å². The van der Waals surface area contributed by atoms with Crippen molar-refractivity contribution >= 4 is 5.97 Å². The van der Waals surface area contributed by atoms with Gasteiger partial charge in [-0.15, -0.1) is 0 Å². The number of hydrogen-bond acceptors (Lipinski definition) is 4. The Balaban J connectivity index is 1.83. The lowest BCUT2D eigenvalue weighted by Crippen LogP contribution is -2.40. The third-order valence-electron chi connectivity index (χ3n) is 4.99. The summed E-state index contributed by atoms with van der Waals surface area (Å²) in [5.74, 6) is -0.338. The van der Waals surface area contributed by atoms with E-state index in [1.807, 2.05) is 55.7 Å². The number of hydrogen-bond donors (Lipinski definition) is 0. The molecule has 128 valence electrons. The van der Waals surface area contributed by atoms with Gasteiger partial charge in [0.15, 0.2) is 0 Å². The molecule has 2 unspecified atom stereocenters. The van der Waals surface area contributed by atoms with E-state index in [0.717, 1.165) is 18.4 Å². The minimum Gasteiger partial charge on any atom is -0.452 e. The summed E-state index contributed by atoms with van der Waals surface area (Å²) in [5, 5.41) is 0. The minimum absolute atomic E-state index is 0.00563. The maximum atomic E-state index is 12.8. The fraction of sp³-hybridized carbons (Fsp3) is 0.474. The molecular formula is C19H24N2O3. The molecule has 1 saturated heterocycles. The monoisotopic (exact) mass is 328 g/mol. The predicted octanol–water partition coefficient (Wildman–Crippen LogP) is 3.61. The molecule has 5 nitrogen and oxygen atoms in total. The van der Waals surface area contributed by atoms with Crippen LogP contribution < -0.4 is 0 Å². The van der Waals surface area contributed by atoms with Gasteiger partial charge in [-0.1, -0.05) is 44.2 Å². The highest BCUT2D eigenvalue weighted by atomic mass is 16.6. The Bertz CT molecular complexity index is 688. The first-order valence-corrected chi connectivity index (χ1v) is 8.53. The van der Waals surface area contributed by atoms with E-state index in [2.05, 4.69) is 4.98 Å². The first-order chi connectivity index (χ1) is 11.6. The van der Waals surface area contributed by atoms with Crippen molar-refractivity contribution in [1.82, 2.24) is 9.55 Å². The maximum absolute atomic E-state index is 12.8. The molecule has 5 heteroatoms. The molecule has 0 spiro atoms. The van der Waals surface area contributed by atoms with Crippen molar-refractivity contribution < 1.29 is 14.3 Å². The Morgan fingerprint density at radius 2 is 2.04 bits per heavy atom. The zero-order chi connectivity index (χ0) is 17.2. The highest BCUT2D eigenvalue weighted by Gasteiger charge is 2.48. The molecule has 2 aromatic rings. The molecule has 0 saturated carbocycles. The van der Waals surface area contributed by atoms with Gasteiger partial charge in [-0.2, -0.15) is 0 Å². The molecule has 1 aliphatic heterocycles. The van der Waals surface area contributed by atoms with Crippen LogP contribution in [0.3, 0.4) is 0 Å². The number of aromatic nitrogens is 2. The number of benzene rings is 1. The Labute approximate surface area is 142 Å². The summed E-state index contributed by atoms with van der Waals surface area (Å²) in [6.45, 7) is 6.77. The second-order valence-electron chi connectivity index (χ2n) is 6.26. The Kier molecular flexibility index (Phi) is 4.71. The van der Waals surface area contributed by atoms with Gasteiger partial charge >= 0.3 is 5.97 Å². The largest absolute Gasteiger partial charge is 0.452 e. The van der Waals surface area contributed by atoms with E-state index in [1.165, 1.54) is 0 Å². The second-order valence-corrected chi connectivity index (χ2v) is 6.26. The molecular weight excluding hydrogens is 304 g/mol. The molecule has 1 aromatic carbocycles. The van der Waals surface area contributed by atoms with E-state index in [1.54, 1.807) is 12.5 Å². The summed E-state index contributed by atoms with van der Waals surface area (Å²) in [7, 11) is 0. The van der Waals surface area contributed by atoms with Crippen LogP contribution in [0, 0.1) is 0 Å². The summed E-state index contributed by atoms with van der Waals surface area (Å²) < 4.78 is 13.2. The highest BCUT2D eigenvalue weighted by Crippen LogP contribution is 2.35. The smallest absolute Gasteiger partial charge is 0.357 e. The lowest BCUT2D eigenvalue weighted by Gasteiger charge is -2.30. The minimum atomic E-state index is -0.540. The summed E-state index contributed by atoms with van der Waals surface area (Å²) in [6.07, 6.45) is 4.75. The first kappa shape index (κ1) is 16.7. The van der Waals surface area contributed by atoms with Crippen LogP contribution in [0.4, 0.5) is 0 Å². The average molecular weight is 328 g/mol. The molecule has 0 amide bonds. The molecule has 24 heavy (non-hydrogen) atoms. The number of imidazole rings is 1. The molecule has 0 radical (unpaired) electrons. The normalized spacial score (nSPS) is 18.2. The van der Waals surface area contributed by atoms with Gasteiger partial charge in [0.05, 0.1) is 25.2 Å². The van der Waals surface area contributed by atoms with Gasteiger partial charge in [-0.3, -0.25) is 0 Å². The van der Waals surface area contributed by atoms with Gasteiger partial charge in [0.2, 0.25) is 0 Å². The number of rotatable bonds is 7. The van der Waals surface area contributed by atoms with Crippen molar-refractivity contribution in [2.45, 2.75) is 51.4 Å². The number of ether oxygens (including phenoxy) is 2. The molecule has 2 heterocycles. The van der Waals surface area contributed by atoms with Crippen molar-refractivity contribution in [1.29, 1.82) is 0 Å². The first-order valence-electron chi connectivity index (χ1n) is 8.53. The topological polar surface area (TPSA) is 56.6 Å². The third-order valence-corrected chi connectivity index (χ3v) is 4.99. The number of carbonyl (C=O) groups is 1. The van der Waals surface area contributed by atoms with Crippen LogP contribution in [0.2, 0.25) is 0 Å². The van der Waals surface area contributed by atoms with Crippen LogP contribution in [0.25, 0.3) is 0 Å². The Morgan fingerprint density at radius 1 is 1.38 bits per heavy atom. The molecule has 0 bridgehead atoms. The van der Waals surface area contributed by atoms with Crippen molar-refractivity contribution in [2.75, 3.05) is 6.61 Å². The van der Waals surface area contributed by atoms with E-state index in [4.69, 9.17) is 9.47 Å². The van der Waals surface area contributed by atoms with Crippen molar-refractivity contribution in [3.05, 3.63) is 54.1 Å². The lowest BCUT2D eigenvalue weighted by atomic mass is 9.93. The van der Waals surface area contributed by atoms with Gasteiger partial charge in [0, 0.05) is 0 Å². The molecule has 1 aliphatic rings. The van der Waals surface area contributed by atoms with Crippen molar-refractivity contribution in [2.24, 2.45) is 0 Å². The maximum Gasteiger partial charge on any atom is 0.357 e. The van der Waals surface area contributed by atoms with Crippen LogP contribution in [-0.4, -0.2) is 33.8 Å². The molecule has 0 N–H and O–H groups in total. The SMILES string of the molecule is CCC(CC)(OC(=O)c1cncn1C(C)c1ccccc1)C1CO1. The zero-order valence-corrected chi connectivity index (χ0v) is 14.4. The number of nitrogens with zero attached hydrogens (tertiary/aromatic N) is 2. The van der Waals surface area contributed by atoms with Crippen LogP contribution >= 0.6 is 0 Å². The van der Waals surface area contributed by atoms with Crippen LogP contribution in [0.5, 0.6) is 0 Å². The van der Waals surface area contributed by atoms with E-state index in [9.17, 15) is 4.79 Å². The van der Waals surface area contributed by atoms with Gasteiger partial charge in [0.1, 0.15) is 17.4 Å². The van der Waals surface area contributed by atoms with Crippen LogP contribution in [0.15, 0.2) is 42.9 Å². The molecule has 1 aromatic heterocycles. The molecule has 1 fully saturated rings. The predicted molar refractivity (Wildman–Crippen MR) is 91.0 cm³/mol. The van der Waals surface area contributed by atoms with E-state index in [-0.39, 0.29) is 18.1 Å². The number of esters is 1. The standard InChI is InChI=1S/C19H24N2O3/c1-4-19(5-2,17-12-23-17)24-18(22)16-11-20-13-21(16)14(3)15-9-7-6-8-10-15/h6-11,13-14,17H,4-5,12H2,1-3H3. The highest BCUT2D eigenvalue weighted by molar-refractivity contribution is 5.87. The van der Waals surface area contributed by atoms with Crippen molar-refractivity contribution in [3.8, 4) is 0 Å². The molecule has 0 aliphatic carbocycles. The summed E-state index contributed by atoms with van der Waals surface area (Å²) in [6, 6.07) is 10.0. The average Bonchev–Trinajstić information content (AvgIpc) is 3.36. The molecule has 3 rings (SSSR count). The number of carbonyl (C=O) groups excluding carboxylic acids is 1. The molecule has 2 atom stereocenters. The van der Waals surface area contributed by atoms with Crippen LogP contribution in [0.1, 0.15) is 55.7 Å². The van der Waals surface area contributed by atoms with Gasteiger partial charge < -0.3 is 14.0 Å². The zero-order valence-electron chi connectivity index (χ0n) is 14.4. The Hall–Kier alpha value is -2.14. The quantitative estimate of drug-likeness (QED) is 0.575. The van der Waals surface area contributed by atoms with E-state index in [0.29, 0.717) is 12.3 Å². The summed E-state index contributed by atoms with van der Waals surface area (Å²) in [5.41, 5.74) is 1.05. The van der Waals surface area contributed by atoms with Gasteiger partial charge in [0.25, 0.3) is 0 Å². The summed E-state index contributed by atoms with van der Waals surface area (Å²) in [4.78, 5) is 17.0. The van der Waals surface area contributed by atoms with E-state index >= 15 is 0 Å². The summed E-state index contributed by atoms with van der Waals surface area (Å²) >= 11 is 0. The second kappa shape index (κ2) is 6.77. The Morgan fingerprint density at radius 3 is 2.62 bits per heavy atom. The van der Waals surface area contributed by atoms with Crippen LogP contribution in [-0.2, 0) is 9.47 Å². The van der Waals surface area contributed by atoms with Gasteiger partial charge in [-0.05, 0) is 25.3 Å².